The Kier molecular flexibility index (Phi) is 5.36. The third kappa shape index (κ3) is 3.71. The van der Waals surface area contributed by atoms with Crippen molar-refractivity contribution in [2.75, 3.05) is 6.61 Å². The molecule has 3 aromatic rings. The van der Waals surface area contributed by atoms with Crippen LogP contribution in [-0.2, 0) is 17.6 Å². The first-order chi connectivity index (χ1) is 16.8. The first-order valence-electron chi connectivity index (χ1n) is 10.9. The number of halogens is 7. The third-order valence-corrected chi connectivity index (χ3v) is 7.24. The molecule has 13 heteroatoms. The molecule has 1 heterocycles. The minimum Gasteiger partial charge on any atom is -0.484 e. The molecule has 36 heavy (non-hydrogen) atoms. The number of hydrogen-bond donors (Lipinski definition) is 1. The molecule has 6 nitrogen and oxygen atoms in total. The summed E-state index contributed by atoms with van der Waals surface area (Å²) in [6, 6.07) is 7.67. The number of ether oxygens (including phenoxy) is 1. The van der Waals surface area contributed by atoms with E-state index in [9.17, 15) is 27.1 Å². The molecule has 0 spiro atoms. The highest BCUT2D eigenvalue weighted by molar-refractivity contribution is 5.44. The van der Waals surface area contributed by atoms with Gasteiger partial charge in [-0.1, -0.05) is 12.1 Å². The van der Waals surface area contributed by atoms with Gasteiger partial charge in [0.2, 0.25) is 0 Å². The van der Waals surface area contributed by atoms with Gasteiger partial charge in [-0.25, -0.2) is 22.2 Å². The Morgan fingerprint density at radius 2 is 1.64 bits per heavy atom. The van der Waals surface area contributed by atoms with Crippen LogP contribution in [0, 0.1) is 17.0 Å². The van der Waals surface area contributed by atoms with Crippen molar-refractivity contribution in [3.05, 3.63) is 71.6 Å². The zero-order chi connectivity index (χ0) is 26.0. The smallest absolute Gasteiger partial charge is 0.422 e. The average molecular weight is 516 g/mol. The molecule has 0 unspecified atom stereocenters. The van der Waals surface area contributed by atoms with Gasteiger partial charge in [0, 0.05) is 11.0 Å². The lowest BCUT2D eigenvalue weighted by atomic mass is 9.30. The van der Waals surface area contributed by atoms with E-state index >= 15 is 8.78 Å². The van der Waals surface area contributed by atoms with Crippen molar-refractivity contribution >= 4 is 0 Å². The largest absolute Gasteiger partial charge is 0.484 e. The Morgan fingerprint density at radius 1 is 0.972 bits per heavy atom. The van der Waals surface area contributed by atoms with E-state index in [1.54, 1.807) is 0 Å². The van der Waals surface area contributed by atoms with Crippen LogP contribution < -0.4 is 4.74 Å². The minimum atomic E-state index is -4.50. The molecular weight excluding hydrogens is 497 g/mol. The van der Waals surface area contributed by atoms with Gasteiger partial charge in [-0.05, 0) is 71.0 Å². The number of rotatable bonds is 8. The first kappa shape index (κ1) is 24.5. The second-order valence-corrected chi connectivity index (χ2v) is 9.59. The van der Waals surface area contributed by atoms with Gasteiger partial charge in [-0.2, -0.15) is 13.2 Å². The van der Waals surface area contributed by atoms with Gasteiger partial charge in [-0.3, -0.25) is 0 Å². The van der Waals surface area contributed by atoms with E-state index in [2.05, 4.69) is 20.3 Å². The molecule has 192 valence electrons. The van der Waals surface area contributed by atoms with Crippen LogP contribution >= 0.6 is 0 Å². The van der Waals surface area contributed by atoms with Crippen LogP contribution in [0.1, 0.15) is 30.4 Å². The molecule has 0 radical (unpaired) electrons. The molecular formula is C23H19F7N4O2. The summed E-state index contributed by atoms with van der Waals surface area (Å²) in [6.45, 7) is -2.38. The predicted molar refractivity (Wildman–Crippen MR) is 109 cm³/mol. The molecule has 0 saturated heterocycles. The molecule has 3 fully saturated rings. The number of tetrazole rings is 1. The SMILES string of the molecule is O[C@@](Cn1cnnn1)(c1cc(F)ccc1F)C(F)(F)C12CC(c3ccc(OCC(F)(F)F)cc3)(C1)C2. The second kappa shape index (κ2) is 7.89. The molecule has 0 aliphatic heterocycles. The summed E-state index contributed by atoms with van der Waals surface area (Å²) in [6.07, 6.45) is -3.71. The van der Waals surface area contributed by atoms with Crippen molar-refractivity contribution in [2.24, 2.45) is 5.41 Å². The quantitative estimate of drug-likeness (QED) is 0.446. The van der Waals surface area contributed by atoms with Crippen LogP contribution in [0.5, 0.6) is 5.75 Å². The summed E-state index contributed by atoms with van der Waals surface area (Å²) in [5, 5.41) is 21.5. The van der Waals surface area contributed by atoms with Crippen LogP contribution in [0.15, 0.2) is 48.8 Å². The summed E-state index contributed by atoms with van der Waals surface area (Å²) < 4.78 is 103. The lowest BCUT2D eigenvalue weighted by Crippen LogP contribution is -2.76. The van der Waals surface area contributed by atoms with E-state index in [0.717, 1.165) is 17.1 Å². The van der Waals surface area contributed by atoms with E-state index in [4.69, 9.17) is 0 Å². The van der Waals surface area contributed by atoms with Gasteiger partial charge in [0.1, 0.15) is 23.7 Å². The van der Waals surface area contributed by atoms with Crippen LogP contribution in [0.25, 0.3) is 0 Å². The predicted octanol–water partition coefficient (Wildman–Crippen LogP) is 4.54. The van der Waals surface area contributed by atoms with Crippen molar-refractivity contribution in [3.63, 3.8) is 0 Å². The van der Waals surface area contributed by atoms with E-state index < -0.39 is 58.9 Å². The molecule has 6 rings (SSSR count). The summed E-state index contributed by atoms with van der Waals surface area (Å²) in [5.74, 6) is -6.14. The Balaban J connectivity index is 1.40. The van der Waals surface area contributed by atoms with Crippen LogP contribution in [0.2, 0.25) is 0 Å². The second-order valence-electron chi connectivity index (χ2n) is 9.59. The van der Waals surface area contributed by atoms with Gasteiger partial charge < -0.3 is 9.84 Å². The average Bonchev–Trinajstić information content (AvgIpc) is 3.25. The number of aliphatic hydroxyl groups is 1. The summed E-state index contributed by atoms with van der Waals surface area (Å²) >= 11 is 0. The number of alkyl halides is 5. The molecule has 1 N–H and O–H groups in total. The molecule has 2 bridgehead atoms. The van der Waals surface area contributed by atoms with Crippen molar-refractivity contribution in [1.29, 1.82) is 0 Å². The standard InChI is InChI=1S/C23H19F7N4O2/c24-15-3-6-18(25)17(7-15)21(35,11-34-13-31-32-33-34)23(29,30)20-8-19(9-20,10-20)14-1-4-16(5-2-14)36-12-22(26,27)28/h1-7,13,35H,8-12H2/t19?,20?,21-/m0/s1. The lowest BCUT2D eigenvalue weighted by Gasteiger charge is -2.74. The third-order valence-electron chi connectivity index (χ3n) is 7.24. The highest BCUT2D eigenvalue weighted by Gasteiger charge is 2.82. The van der Waals surface area contributed by atoms with Gasteiger partial charge in [-0.15, -0.1) is 5.10 Å². The fourth-order valence-electron chi connectivity index (χ4n) is 5.59. The zero-order valence-electron chi connectivity index (χ0n) is 18.4. The lowest BCUT2D eigenvalue weighted by molar-refractivity contribution is -0.347. The van der Waals surface area contributed by atoms with Crippen LogP contribution in [0.4, 0.5) is 30.7 Å². The Labute approximate surface area is 199 Å². The van der Waals surface area contributed by atoms with E-state index in [1.807, 2.05) is 0 Å². The molecule has 3 aliphatic rings. The molecule has 2 aromatic carbocycles. The number of hydrogen-bond acceptors (Lipinski definition) is 5. The summed E-state index contributed by atoms with van der Waals surface area (Å²) in [5.41, 5.74) is -5.81. The fraction of sp³-hybridized carbons (Fsp3) is 0.435. The zero-order valence-corrected chi connectivity index (χ0v) is 18.4. The summed E-state index contributed by atoms with van der Waals surface area (Å²) in [4.78, 5) is 0. The first-order valence-corrected chi connectivity index (χ1v) is 10.9. The van der Waals surface area contributed by atoms with Gasteiger partial charge >= 0.3 is 6.18 Å². The topological polar surface area (TPSA) is 73.1 Å². The monoisotopic (exact) mass is 516 g/mol. The normalized spacial score (nSPS) is 25.0. The maximum atomic E-state index is 16.1. The van der Waals surface area contributed by atoms with E-state index in [-0.39, 0.29) is 25.0 Å². The van der Waals surface area contributed by atoms with Crippen molar-refractivity contribution in [2.45, 2.75) is 48.9 Å². The Morgan fingerprint density at radius 3 is 2.22 bits per heavy atom. The van der Waals surface area contributed by atoms with Gasteiger partial charge in [0.25, 0.3) is 5.92 Å². The van der Waals surface area contributed by atoms with Crippen LogP contribution in [0.3, 0.4) is 0 Å². The number of benzene rings is 2. The van der Waals surface area contributed by atoms with Crippen molar-refractivity contribution in [3.8, 4) is 5.75 Å². The maximum Gasteiger partial charge on any atom is 0.422 e. The number of aromatic nitrogens is 4. The Hall–Kier alpha value is -3.22. The summed E-state index contributed by atoms with van der Waals surface area (Å²) in [7, 11) is 0. The molecule has 3 saturated carbocycles. The highest BCUT2D eigenvalue weighted by atomic mass is 19.4. The molecule has 1 aromatic heterocycles. The maximum absolute atomic E-state index is 16.1. The van der Waals surface area contributed by atoms with E-state index in [0.29, 0.717) is 17.7 Å². The Bertz CT molecular complexity index is 1240. The van der Waals surface area contributed by atoms with Crippen molar-refractivity contribution in [1.82, 2.24) is 20.2 Å². The van der Waals surface area contributed by atoms with Crippen LogP contribution in [-0.4, -0.2) is 44.0 Å². The molecule has 3 aliphatic carbocycles. The van der Waals surface area contributed by atoms with Gasteiger partial charge in [0.05, 0.1) is 6.54 Å². The fourth-order valence-corrected chi connectivity index (χ4v) is 5.59. The molecule has 1 atom stereocenters. The van der Waals surface area contributed by atoms with Gasteiger partial charge in [0.15, 0.2) is 12.2 Å². The van der Waals surface area contributed by atoms with Crippen molar-refractivity contribution < 1.29 is 40.6 Å². The number of nitrogens with zero attached hydrogens (tertiary/aromatic N) is 4. The molecule has 0 amide bonds. The highest BCUT2D eigenvalue weighted by Crippen LogP contribution is 2.80. The minimum absolute atomic E-state index is 0.0138. The van der Waals surface area contributed by atoms with E-state index in [1.165, 1.54) is 24.3 Å².